The Kier molecular flexibility index (Phi) is 12.5. The fourth-order valence-corrected chi connectivity index (χ4v) is 5.45. The highest BCUT2D eigenvalue weighted by molar-refractivity contribution is 8.76. The van der Waals surface area contributed by atoms with Crippen LogP contribution in [0.4, 0.5) is 0 Å². The lowest BCUT2D eigenvalue weighted by Crippen LogP contribution is -2.67. The molecule has 0 spiro atoms. The van der Waals surface area contributed by atoms with E-state index in [1.54, 1.807) is 0 Å². The molecule has 0 bridgehead atoms. The number of rotatable bonds is 11. The highest BCUT2D eigenvalue weighted by Crippen LogP contribution is 2.24. The van der Waals surface area contributed by atoms with E-state index in [1.807, 2.05) is 0 Å². The molecule has 0 saturated carbocycles. The SMILES string of the molecule is [NH3+]C(CSSCC([NH3+])C(=O)OCC1OC(O)C(O)C(O)C1O)C(=O)OCC1OC(O)C(O)C(O)C1O. The minimum atomic E-state index is -1.75. The third-order valence-corrected chi connectivity index (χ3v) is 8.00. The van der Waals surface area contributed by atoms with E-state index in [0.29, 0.717) is 0 Å². The van der Waals surface area contributed by atoms with E-state index in [-0.39, 0.29) is 11.5 Å². The Hall–Kier alpha value is -0.840. The maximum atomic E-state index is 12.1. The summed E-state index contributed by atoms with van der Waals surface area (Å²) in [6, 6.07) is -1.67. The van der Waals surface area contributed by atoms with Gasteiger partial charge in [-0.1, -0.05) is 21.6 Å². The fourth-order valence-electron chi connectivity index (χ4n) is 3.10. The third-order valence-electron chi connectivity index (χ3n) is 5.44. The van der Waals surface area contributed by atoms with Crippen molar-refractivity contribution < 1.29 is 80.9 Å². The summed E-state index contributed by atoms with van der Waals surface area (Å²) in [6.45, 7) is -0.965. The van der Waals surface area contributed by atoms with Crippen molar-refractivity contribution in [3.05, 3.63) is 0 Å². The zero-order chi connectivity index (χ0) is 27.2. The van der Waals surface area contributed by atoms with Gasteiger partial charge in [0.25, 0.3) is 0 Å². The van der Waals surface area contributed by atoms with E-state index < -0.39 is 98.6 Å². The molecule has 18 heteroatoms. The first-order valence-corrected chi connectivity index (χ1v) is 13.3. The van der Waals surface area contributed by atoms with Crippen LogP contribution in [0, 0.1) is 0 Å². The monoisotopic (exact) mass is 566 g/mol. The average Bonchev–Trinajstić information content (AvgIpc) is 2.85. The van der Waals surface area contributed by atoms with Crippen LogP contribution in [0.1, 0.15) is 0 Å². The molecule has 2 rings (SSSR count). The van der Waals surface area contributed by atoms with E-state index in [9.17, 15) is 50.4 Å². The summed E-state index contributed by atoms with van der Waals surface area (Å²) in [6.07, 6.45) is -15.9. The van der Waals surface area contributed by atoms with Gasteiger partial charge in [-0.2, -0.15) is 0 Å². The zero-order valence-electron chi connectivity index (χ0n) is 19.0. The second kappa shape index (κ2) is 14.4. The van der Waals surface area contributed by atoms with Crippen molar-refractivity contribution in [2.75, 3.05) is 24.7 Å². The minimum absolute atomic E-state index is 0.184. The van der Waals surface area contributed by atoms with Crippen LogP contribution >= 0.6 is 21.6 Å². The van der Waals surface area contributed by atoms with Crippen molar-refractivity contribution in [3.8, 4) is 0 Å². The fraction of sp³-hybridized carbons (Fsp3) is 0.889. The smallest absolute Gasteiger partial charge is 0.365 e. The van der Waals surface area contributed by atoms with Crippen LogP contribution in [0.5, 0.6) is 0 Å². The Morgan fingerprint density at radius 1 is 0.639 bits per heavy atom. The average molecular weight is 567 g/mol. The van der Waals surface area contributed by atoms with Crippen LogP contribution in [-0.2, 0) is 28.5 Å². The third kappa shape index (κ3) is 8.33. The molecule has 2 fully saturated rings. The maximum absolute atomic E-state index is 12.1. The van der Waals surface area contributed by atoms with Gasteiger partial charge in [0.15, 0.2) is 24.7 Å². The van der Waals surface area contributed by atoms with Crippen molar-refractivity contribution >= 4 is 33.5 Å². The molecule has 0 aromatic rings. The Morgan fingerprint density at radius 2 is 0.972 bits per heavy atom. The lowest BCUT2D eigenvalue weighted by Gasteiger charge is -2.37. The second-order valence-corrected chi connectivity index (χ2v) is 10.8. The van der Waals surface area contributed by atoms with E-state index in [2.05, 4.69) is 11.5 Å². The van der Waals surface area contributed by atoms with E-state index in [0.717, 1.165) is 0 Å². The molecule has 0 aromatic heterocycles. The summed E-state index contributed by atoms with van der Waals surface area (Å²) >= 11 is 0. The van der Waals surface area contributed by atoms with Gasteiger partial charge in [-0.3, -0.25) is 0 Å². The highest BCUT2D eigenvalue weighted by Gasteiger charge is 2.44. The summed E-state index contributed by atoms with van der Waals surface area (Å²) in [5, 5.41) is 76.9. The van der Waals surface area contributed by atoms with Crippen molar-refractivity contribution in [2.45, 2.75) is 73.5 Å². The number of aliphatic hydroxyl groups excluding tert-OH is 8. The predicted molar refractivity (Wildman–Crippen MR) is 118 cm³/mol. The van der Waals surface area contributed by atoms with Gasteiger partial charge in [-0.25, -0.2) is 9.59 Å². The van der Waals surface area contributed by atoms with Crippen molar-refractivity contribution in [3.63, 3.8) is 0 Å². The molecule has 2 aliphatic heterocycles. The molecule has 210 valence electrons. The molecular formula is C18H34N2O14S2+2. The van der Waals surface area contributed by atoms with E-state index in [1.165, 1.54) is 21.6 Å². The predicted octanol–water partition coefficient (Wildman–Crippen LogP) is -7.72. The second-order valence-electron chi connectivity index (χ2n) is 8.30. The Balaban J connectivity index is 1.63. The van der Waals surface area contributed by atoms with Crippen LogP contribution < -0.4 is 11.5 Å². The number of aliphatic hydroxyl groups is 8. The molecule has 36 heavy (non-hydrogen) atoms. The molecule has 2 aliphatic rings. The summed E-state index contributed by atoms with van der Waals surface area (Å²) in [5.74, 6) is -1.10. The first-order chi connectivity index (χ1) is 16.8. The van der Waals surface area contributed by atoms with Gasteiger partial charge in [-0.15, -0.1) is 0 Å². The first kappa shape index (κ1) is 31.4. The lowest BCUT2D eigenvalue weighted by molar-refractivity contribution is -0.402. The van der Waals surface area contributed by atoms with Gasteiger partial charge >= 0.3 is 11.9 Å². The Morgan fingerprint density at radius 3 is 1.31 bits per heavy atom. The number of ether oxygens (including phenoxy) is 4. The van der Waals surface area contributed by atoms with Gasteiger partial charge in [0, 0.05) is 0 Å². The van der Waals surface area contributed by atoms with Crippen LogP contribution in [0.2, 0.25) is 0 Å². The van der Waals surface area contributed by atoms with Gasteiger partial charge in [0.2, 0.25) is 0 Å². The summed E-state index contributed by atoms with van der Waals surface area (Å²) in [4.78, 5) is 24.2. The minimum Gasteiger partial charge on any atom is -0.458 e. The van der Waals surface area contributed by atoms with Gasteiger partial charge in [0.1, 0.15) is 62.0 Å². The number of carbonyl (C=O) groups excluding carboxylic acids is 2. The molecule has 12 unspecified atom stereocenters. The van der Waals surface area contributed by atoms with Gasteiger partial charge in [0.05, 0.1) is 11.5 Å². The molecule has 0 aromatic carbocycles. The first-order valence-electron chi connectivity index (χ1n) is 10.8. The van der Waals surface area contributed by atoms with Crippen LogP contribution in [-0.4, -0.2) is 151 Å². The Labute approximate surface area is 212 Å². The van der Waals surface area contributed by atoms with Crippen molar-refractivity contribution in [1.29, 1.82) is 0 Å². The quantitative estimate of drug-likeness (QED) is 0.0631. The topological polar surface area (TPSA) is 288 Å². The van der Waals surface area contributed by atoms with Crippen molar-refractivity contribution in [2.24, 2.45) is 0 Å². The van der Waals surface area contributed by atoms with E-state index >= 15 is 0 Å². The van der Waals surface area contributed by atoms with Crippen molar-refractivity contribution in [1.82, 2.24) is 0 Å². The molecule has 0 radical (unpaired) electrons. The largest absolute Gasteiger partial charge is 0.458 e. The van der Waals surface area contributed by atoms with Gasteiger partial charge in [-0.05, 0) is 0 Å². The van der Waals surface area contributed by atoms with Crippen LogP contribution in [0.25, 0.3) is 0 Å². The molecule has 0 amide bonds. The summed E-state index contributed by atoms with van der Waals surface area (Å²) < 4.78 is 19.8. The molecule has 16 nitrogen and oxygen atoms in total. The van der Waals surface area contributed by atoms with Gasteiger partial charge < -0.3 is 71.3 Å². The van der Waals surface area contributed by atoms with Crippen LogP contribution in [0.15, 0.2) is 0 Å². The summed E-state index contributed by atoms with van der Waals surface area (Å²) in [7, 11) is 2.40. The highest BCUT2D eigenvalue weighted by atomic mass is 33.1. The normalized spacial score (nSPS) is 38.7. The van der Waals surface area contributed by atoms with E-state index in [4.69, 9.17) is 18.9 Å². The molecule has 12 atom stereocenters. The number of esters is 2. The number of hydrogen-bond acceptors (Lipinski definition) is 16. The molecule has 0 aliphatic carbocycles. The molecule has 2 saturated heterocycles. The maximum Gasteiger partial charge on any atom is 0.365 e. The molecule has 14 N–H and O–H groups in total. The Bertz CT molecular complexity index is 667. The van der Waals surface area contributed by atoms with Crippen LogP contribution in [0.3, 0.4) is 0 Å². The summed E-state index contributed by atoms with van der Waals surface area (Å²) in [5.41, 5.74) is 7.33. The molecular weight excluding hydrogens is 532 g/mol. The number of carbonyl (C=O) groups is 2. The number of quaternary nitrogens is 2. The zero-order valence-corrected chi connectivity index (χ0v) is 20.6. The lowest BCUT2D eigenvalue weighted by atomic mass is 9.99. The standard InChI is InChI=1S/C18H32N2O14S2/c19-5(15(27)31-1-7-9(21)11(23)13(25)17(29)33-7)3-35-36-4-6(20)16(28)32-2-8-10(22)12(24)14(26)18(30)34-8/h5-14,17-18,21-26,29-30H,1-4,19-20H2/p+2. The molecule has 2 heterocycles. The number of hydrogen-bond donors (Lipinski definition) is 10.